The fraction of sp³-hybridized carbons (Fsp3) is 0.333. The first-order chi connectivity index (χ1) is 15.7. The summed E-state index contributed by atoms with van der Waals surface area (Å²) in [7, 11) is 0. The molecule has 2 aromatic carbocycles. The number of hydrogen-bond acceptors (Lipinski definition) is 5. The van der Waals surface area contributed by atoms with Crippen LogP contribution in [0.25, 0.3) is 10.6 Å². The van der Waals surface area contributed by atoms with E-state index in [-0.39, 0.29) is 5.92 Å². The van der Waals surface area contributed by atoms with E-state index >= 15 is 0 Å². The van der Waals surface area contributed by atoms with Gasteiger partial charge in [-0.1, -0.05) is 12.1 Å². The first-order valence-corrected chi connectivity index (χ1v) is 11.3. The maximum Gasteiger partial charge on any atom is 0.416 e. The van der Waals surface area contributed by atoms with Crippen LogP contribution in [0, 0.1) is 6.92 Å². The van der Waals surface area contributed by atoms with Crippen LogP contribution >= 0.6 is 11.3 Å². The van der Waals surface area contributed by atoms with Gasteiger partial charge in [0.2, 0.25) is 0 Å². The van der Waals surface area contributed by atoms with Gasteiger partial charge < -0.3 is 14.6 Å². The number of thiazole rings is 1. The van der Waals surface area contributed by atoms with Crippen molar-refractivity contribution in [1.82, 2.24) is 4.98 Å². The number of hydrogen-bond donors (Lipinski definition) is 1. The molecule has 1 aromatic heterocycles. The van der Waals surface area contributed by atoms with Crippen LogP contribution in [0.1, 0.15) is 40.5 Å². The molecule has 0 amide bonds. The zero-order chi connectivity index (χ0) is 23.6. The van der Waals surface area contributed by atoms with Gasteiger partial charge in [-0.2, -0.15) is 13.2 Å². The molecule has 0 spiro atoms. The maximum absolute atomic E-state index is 12.8. The van der Waals surface area contributed by atoms with E-state index in [1.807, 2.05) is 6.92 Å². The minimum absolute atomic E-state index is 0.0939. The van der Waals surface area contributed by atoms with E-state index in [0.717, 1.165) is 52.5 Å². The molecule has 1 atom stereocenters. The van der Waals surface area contributed by atoms with Gasteiger partial charge in [0.05, 0.1) is 17.9 Å². The van der Waals surface area contributed by atoms with Crippen LogP contribution in [-0.4, -0.2) is 29.3 Å². The zero-order valence-electron chi connectivity index (χ0n) is 17.8. The number of aryl methyl sites for hydroxylation is 2. The summed E-state index contributed by atoms with van der Waals surface area (Å²) in [5.41, 5.74) is 1.73. The van der Waals surface area contributed by atoms with Crippen molar-refractivity contribution < 1.29 is 32.5 Å². The Morgan fingerprint density at radius 2 is 1.94 bits per heavy atom. The molecule has 0 saturated heterocycles. The molecule has 5 nitrogen and oxygen atoms in total. The number of nitrogens with zero attached hydrogens (tertiary/aromatic N) is 1. The van der Waals surface area contributed by atoms with Crippen molar-refractivity contribution in [1.29, 1.82) is 0 Å². The molecule has 0 fully saturated rings. The minimum atomic E-state index is -4.36. The molecule has 1 N–H and O–H groups in total. The Hall–Kier alpha value is -3.07. The zero-order valence-corrected chi connectivity index (χ0v) is 18.6. The van der Waals surface area contributed by atoms with Gasteiger partial charge in [-0.3, -0.25) is 0 Å². The number of benzene rings is 2. The van der Waals surface area contributed by atoms with Crippen molar-refractivity contribution in [2.24, 2.45) is 0 Å². The van der Waals surface area contributed by atoms with Crippen molar-refractivity contribution in [3.05, 3.63) is 64.2 Å². The highest BCUT2D eigenvalue weighted by molar-refractivity contribution is 7.15. The smallest absolute Gasteiger partial charge is 0.416 e. The number of aromatic nitrogens is 1. The standard InChI is InChI=1S/C24H22F3NO4S/c1-14-11-18(9-10-19(14)32-13-21(29)30)31-12-16-3-2-4-20-22(16)28-23(33-20)15-5-7-17(8-6-15)24(25,26)27/h5-11,16H,2-4,12-13H2,1H3,(H,29,30). The van der Waals surface area contributed by atoms with E-state index in [1.54, 1.807) is 18.2 Å². The third-order valence-corrected chi connectivity index (χ3v) is 6.66. The molecule has 174 valence electrons. The molecule has 0 aliphatic heterocycles. The highest BCUT2D eigenvalue weighted by Crippen LogP contribution is 2.39. The number of aliphatic carboxylic acids is 1. The van der Waals surface area contributed by atoms with Crippen LogP contribution in [0.3, 0.4) is 0 Å². The summed E-state index contributed by atoms with van der Waals surface area (Å²) in [5.74, 6) is 0.198. The largest absolute Gasteiger partial charge is 0.493 e. The summed E-state index contributed by atoms with van der Waals surface area (Å²) >= 11 is 1.53. The SMILES string of the molecule is Cc1cc(OCC2CCCc3sc(-c4ccc(C(F)(F)F)cc4)nc32)ccc1OCC(=O)O. The first-order valence-electron chi connectivity index (χ1n) is 10.5. The summed E-state index contributed by atoms with van der Waals surface area (Å²) < 4.78 is 49.8. The van der Waals surface area contributed by atoms with Crippen molar-refractivity contribution in [2.45, 2.75) is 38.3 Å². The Balaban J connectivity index is 1.45. The highest BCUT2D eigenvalue weighted by Gasteiger charge is 2.30. The van der Waals surface area contributed by atoms with Crippen LogP contribution in [0.5, 0.6) is 11.5 Å². The number of fused-ring (bicyclic) bond motifs is 1. The topological polar surface area (TPSA) is 68.7 Å². The van der Waals surface area contributed by atoms with Crippen molar-refractivity contribution >= 4 is 17.3 Å². The number of rotatable bonds is 7. The molecule has 1 unspecified atom stereocenters. The van der Waals surface area contributed by atoms with Crippen LogP contribution in [0.2, 0.25) is 0 Å². The first kappa shape index (κ1) is 23.1. The van der Waals surface area contributed by atoms with Gasteiger partial charge in [-0.25, -0.2) is 9.78 Å². The van der Waals surface area contributed by atoms with E-state index in [4.69, 9.17) is 19.6 Å². The molecular formula is C24H22F3NO4S. The molecular weight excluding hydrogens is 455 g/mol. The van der Waals surface area contributed by atoms with E-state index in [2.05, 4.69) is 0 Å². The molecule has 3 aromatic rings. The minimum Gasteiger partial charge on any atom is -0.493 e. The number of carboxylic acid groups (broad SMARTS) is 1. The molecule has 0 saturated carbocycles. The van der Waals surface area contributed by atoms with Crippen molar-refractivity contribution in [3.63, 3.8) is 0 Å². The normalized spacial score (nSPS) is 15.7. The summed E-state index contributed by atoms with van der Waals surface area (Å²) in [5, 5.41) is 9.47. The monoisotopic (exact) mass is 477 g/mol. The molecule has 0 radical (unpaired) electrons. The lowest BCUT2D eigenvalue weighted by atomic mass is 9.92. The van der Waals surface area contributed by atoms with Gasteiger partial charge in [-0.05, 0) is 62.1 Å². The molecule has 33 heavy (non-hydrogen) atoms. The summed E-state index contributed by atoms with van der Waals surface area (Å²) in [6, 6.07) is 10.3. The number of alkyl halides is 3. The van der Waals surface area contributed by atoms with E-state index in [1.165, 1.54) is 23.5 Å². The lowest BCUT2D eigenvalue weighted by Crippen LogP contribution is -2.16. The molecule has 4 rings (SSSR count). The van der Waals surface area contributed by atoms with E-state index < -0.39 is 24.3 Å². The summed E-state index contributed by atoms with van der Waals surface area (Å²) in [6.45, 7) is 1.84. The fourth-order valence-electron chi connectivity index (χ4n) is 3.80. The molecule has 1 aliphatic carbocycles. The van der Waals surface area contributed by atoms with E-state index in [0.29, 0.717) is 23.7 Å². The molecule has 9 heteroatoms. The number of ether oxygens (including phenoxy) is 2. The van der Waals surface area contributed by atoms with Gasteiger partial charge in [0.15, 0.2) is 6.61 Å². The molecule has 1 heterocycles. The third-order valence-electron chi connectivity index (χ3n) is 5.48. The quantitative estimate of drug-likeness (QED) is 0.445. The van der Waals surface area contributed by atoms with Crippen molar-refractivity contribution in [2.75, 3.05) is 13.2 Å². The van der Waals surface area contributed by atoms with Crippen LogP contribution in [0.4, 0.5) is 13.2 Å². The van der Waals surface area contributed by atoms with Gasteiger partial charge in [-0.15, -0.1) is 11.3 Å². The summed E-state index contributed by atoms with van der Waals surface area (Å²) in [4.78, 5) is 16.6. The fourth-order valence-corrected chi connectivity index (χ4v) is 5.00. The van der Waals surface area contributed by atoms with Gasteiger partial charge in [0, 0.05) is 16.4 Å². The van der Waals surface area contributed by atoms with Gasteiger partial charge in [0.1, 0.15) is 16.5 Å². The second-order valence-electron chi connectivity index (χ2n) is 7.91. The second kappa shape index (κ2) is 9.43. The van der Waals surface area contributed by atoms with Gasteiger partial charge >= 0.3 is 12.1 Å². The third kappa shape index (κ3) is 5.47. The summed E-state index contributed by atoms with van der Waals surface area (Å²) in [6.07, 6.45) is -1.54. The predicted molar refractivity (Wildman–Crippen MR) is 118 cm³/mol. The average Bonchev–Trinajstić information content (AvgIpc) is 3.21. The van der Waals surface area contributed by atoms with Gasteiger partial charge in [0.25, 0.3) is 0 Å². The molecule has 1 aliphatic rings. The van der Waals surface area contributed by atoms with Crippen molar-refractivity contribution in [3.8, 4) is 22.1 Å². The Morgan fingerprint density at radius 3 is 2.61 bits per heavy atom. The number of halogens is 3. The second-order valence-corrected chi connectivity index (χ2v) is 9.00. The van der Waals surface area contributed by atoms with Crippen LogP contribution < -0.4 is 9.47 Å². The van der Waals surface area contributed by atoms with Crippen LogP contribution in [-0.2, 0) is 17.4 Å². The van der Waals surface area contributed by atoms with E-state index in [9.17, 15) is 18.0 Å². The average molecular weight is 478 g/mol. The Kier molecular flexibility index (Phi) is 6.60. The maximum atomic E-state index is 12.8. The molecule has 0 bridgehead atoms. The highest BCUT2D eigenvalue weighted by atomic mass is 32.1. The lowest BCUT2D eigenvalue weighted by molar-refractivity contribution is -0.139. The number of carboxylic acids is 1. The Morgan fingerprint density at radius 1 is 1.18 bits per heavy atom. The predicted octanol–water partition coefficient (Wildman–Crippen LogP) is 6.10. The Bertz CT molecular complexity index is 1140. The Labute approximate surface area is 192 Å². The lowest BCUT2D eigenvalue weighted by Gasteiger charge is -2.21. The number of carbonyl (C=O) groups is 1. The van der Waals surface area contributed by atoms with Crippen LogP contribution in [0.15, 0.2) is 42.5 Å².